The van der Waals surface area contributed by atoms with Crippen molar-refractivity contribution in [3.8, 4) is 0 Å². The Balaban J connectivity index is 0. The predicted molar refractivity (Wildman–Crippen MR) is 66.1 cm³/mol. The Morgan fingerprint density at radius 1 is 1.07 bits per heavy atom. The summed E-state index contributed by atoms with van der Waals surface area (Å²) in [6, 6.07) is 0. The Hall–Kier alpha value is -0.0800. The number of carbonyl (C=O) groups is 2. The molecule has 0 saturated carbocycles. The Kier molecular flexibility index (Phi) is 18.9. The van der Waals surface area contributed by atoms with Gasteiger partial charge in [0.1, 0.15) is 0 Å². The van der Waals surface area contributed by atoms with Gasteiger partial charge in [-0.05, 0) is 29.6 Å². The second-order valence-electron chi connectivity index (χ2n) is 3.32. The van der Waals surface area contributed by atoms with Crippen LogP contribution in [0.15, 0.2) is 0 Å². The molecule has 4 heteroatoms. The quantitative estimate of drug-likeness (QED) is 0.368. The molecule has 0 aliphatic carbocycles. The third-order valence-electron chi connectivity index (χ3n) is 1.98. The number of hydrogen-bond donors (Lipinski definition) is 0. The monoisotopic (exact) mass is 254 g/mol. The summed E-state index contributed by atoms with van der Waals surface area (Å²) < 4.78 is 0. The first-order valence-corrected chi connectivity index (χ1v) is 6.22. The van der Waals surface area contributed by atoms with Crippen LogP contribution in [-0.2, 0) is 9.59 Å². The van der Waals surface area contributed by atoms with Crippen molar-refractivity contribution in [3.05, 3.63) is 0 Å². The van der Waals surface area contributed by atoms with E-state index in [1.807, 2.05) is 0 Å². The summed E-state index contributed by atoms with van der Waals surface area (Å²) >= 11 is 9.52. The molecule has 0 saturated heterocycles. The van der Waals surface area contributed by atoms with Crippen LogP contribution in [0.4, 0.5) is 0 Å². The summed E-state index contributed by atoms with van der Waals surface area (Å²) in [6.45, 7) is 2.21. The second kappa shape index (κ2) is 16.4. The summed E-state index contributed by atoms with van der Waals surface area (Å²) in [5.41, 5.74) is 0. The minimum atomic E-state index is -0.191. The van der Waals surface area contributed by atoms with Gasteiger partial charge in [0.25, 0.3) is 0 Å². The standard InChI is InChI=1S/C10H19ClO.CHClO/c1-2-3-4-5-6-7-8-9-10(11)12;2-1-3/h2-9H2,1H3;1H. The fourth-order valence-electron chi connectivity index (χ4n) is 1.22. The third kappa shape index (κ3) is 24.9. The van der Waals surface area contributed by atoms with Gasteiger partial charge in [-0.1, -0.05) is 45.4 Å². The first kappa shape index (κ1) is 17.3. The maximum atomic E-state index is 10.3. The van der Waals surface area contributed by atoms with Gasteiger partial charge in [0.15, 0.2) is 0 Å². The Morgan fingerprint density at radius 3 is 1.87 bits per heavy atom. The molecule has 0 heterocycles. The van der Waals surface area contributed by atoms with Crippen LogP contribution < -0.4 is 0 Å². The van der Waals surface area contributed by atoms with Gasteiger partial charge in [0, 0.05) is 6.42 Å². The lowest BCUT2D eigenvalue weighted by atomic mass is 10.1. The van der Waals surface area contributed by atoms with Crippen molar-refractivity contribution in [2.45, 2.75) is 58.3 Å². The maximum Gasteiger partial charge on any atom is 0.221 e. The zero-order valence-corrected chi connectivity index (χ0v) is 10.8. The van der Waals surface area contributed by atoms with Crippen molar-refractivity contribution in [1.29, 1.82) is 0 Å². The highest BCUT2D eigenvalue weighted by molar-refractivity contribution is 6.63. The lowest BCUT2D eigenvalue weighted by Gasteiger charge is -1.98. The minimum absolute atomic E-state index is 0.191. The van der Waals surface area contributed by atoms with Crippen molar-refractivity contribution in [2.24, 2.45) is 0 Å². The smallest absolute Gasteiger partial charge is 0.221 e. The molecule has 0 spiro atoms. The summed E-state index contributed by atoms with van der Waals surface area (Å²) in [6.07, 6.45) is 9.21. The summed E-state index contributed by atoms with van der Waals surface area (Å²) in [5, 5.41) is -0.191. The molecular weight excluding hydrogens is 235 g/mol. The van der Waals surface area contributed by atoms with E-state index in [4.69, 9.17) is 16.4 Å². The molecule has 0 aliphatic rings. The van der Waals surface area contributed by atoms with Crippen LogP contribution in [0, 0.1) is 0 Å². The van der Waals surface area contributed by atoms with E-state index in [0.717, 1.165) is 12.8 Å². The highest BCUT2D eigenvalue weighted by Crippen LogP contribution is 2.08. The van der Waals surface area contributed by atoms with Crippen molar-refractivity contribution >= 4 is 34.2 Å². The normalized spacial score (nSPS) is 9.00. The average Bonchev–Trinajstić information content (AvgIpc) is 2.17. The van der Waals surface area contributed by atoms with Crippen molar-refractivity contribution < 1.29 is 9.59 Å². The lowest BCUT2D eigenvalue weighted by molar-refractivity contribution is -0.111. The molecule has 0 aliphatic heterocycles. The van der Waals surface area contributed by atoms with E-state index in [1.54, 1.807) is 0 Å². The SMILES string of the molecule is CCCCCCCCCC(=O)Cl.O=CCl. The Morgan fingerprint density at radius 2 is 1.47 bits per heavy atom. The summed E-state index contributed by atoms with van der Waals surface area (Å²) in [4.78, 5) is 18.9. The highest BCUT2D eigenvalue weighted by Gasteiger charge is 1.95. The van der Waals surface area contributed by atoms with Crippen LogP contribution in [0.3, 0.4) is 0 Å². The second-order valence-corrected chi connectivity index (χ2v) is 3.92. The molecule has 0 bridgehead atoms. The zero-order chi connectivity index (χ0) is 11.9. The molecule has 0 unspecified atom stereocenters. The van der Waals surface area contributed by atoms with Gasteiger partial charge in [0.05, 0.1) is 0 Å². The van der Waals surface area contributed by atoms with Gasteiger partial charge >= 0.3 is 0 Å². The van der Waals surface area contributed by atoms with E-state index >= 15 is 0 Å². The number of halogens is 2. The van der Waals surface area contributed by atoms with Crippen LogP contribution in [0.5, 0.6) is 0 Å². The Bertz CT molecular complexity index is 150. The fourth-order valence-corrected chi connectivity index (χ4v) is 1.35. The van der Waals surface area contributed by atoms with E-state index in [9.17, 15) is 4.79 Å². The van der Waals surface area contributed by atoms with Crippen LogP contribution in [-0.4, -0.2) is 11.0 Å². The highest BCUT2D eigenvalue weighted by atomic mass is 35.5. The van der Waals surface area contributed by atoms with E-state index in [0.29, 0.717) is 6.42 Å². The minimum Gasteiger partial charge on any atom is -0.285 e. The van der Waals surface area contributed by atoms with Crippen LogP contribution in [0.1, 0.15) is 58.3 Å². The molecule has 15 heavy (non-hydrogen) atoms. The molecule has 0 aromatic heterocycles. The van der Waals surface area contributed by atoms with Crippen LogP contribution in [0.2, 0.25) is 0 Å². The zero-order valence-electron chi connectivity index (χ0n) is 9.31. The molecule has 0 atom stereocenters. The number of carbonyl (C=O) groups excluding carboxylic acids is 2. The molecule has 0 amide bonds. The molecule has 0 fully saturated rings. The molecule has 2 nitrogen and oxygen atoms in total. The first-order valence-electron chi connectivity index (χ1n) is 5.41. The fraction of sp³-hybridized carbons (Fsp3) is 0.818. The van der Waals surface area contributed by atoms with Gasteiger partial charge < -0.3 is 0 Å². The number of rotatable bonds is 8. The maximum absolute atomic E-state index is 10.3. The molecular formula is C11H20Cl2O2. The number of unbranched alkanes of at least 4 members (excludes halogenated alkanes) is 6. The van der Waals surface area contributed by atoms with E-state index in [-0.39, 0.29) is 11.0 Å². The van der Waals surface area contributed by atoms with Gasteiger partial charge in [-0.25, -0.2) is 0 Å². The Labute approximate surface area is 102 Å². The molecule has 90 valence electrons. The lowest BCUT2D eigenvalue weighted by Crippen LogP contribution is -1.86. The number of hydrogen-bond acceptors (Lipinski definition) is 2. The van der Waals surface area contributed by atoms with E-state index < -0.39 is 0 Å². The van der Waals surface area contributed by atoms with Crippen molar-refractivity contribution in [1.82, 2.24) is 0 Å². The predicted octanol–water partition coefficient (Wildman–Crippen LogP) is 4.31. The molecule has 0 radical (unpaired) electrons. The van der Waals surface area contributed by atoms with Gasteiger partial charge in [-0.3, -0.25) is 9.59 Å². The van der Waals surface area contributed by atoms with Crippen LogP contribution >= 0.6 is 23.2 Å². The van der Waals surface area contributed by atoms with Gasteiger partial charge in [-0.2, -0.15) is 0 Å². The van der Waals surface area contributed by atoms with E-state index in [2.05, 4.69) is 18.5 Å². The topological polar surface area (TPSA) is 34.1 Å². The summed E-state index contributed by atoms with van der Waals surface area (Å²) in [7, 11) is 0. The largest absolute Gasteiger partial charge is 0.285 e. The van der Waals surface area contributed by atoms with Crippen molar-refractivity contribution in [3.63, 3.8) is 0 Å². The molecule has 0 rings (SSSR count). The average molecular weight is 255 g/mol. The van der Waals surface area contributed by atoms with Crippen LogP contribution in [0.25, 0.3) is 0 Å². The van der Waals surface area contributed by atoms with E-state index in [1.165, 1.54) is 32.1 Å². The van der Waals surface area contributed by atoms with Gasteiger partial charge in [0.2, 0.25) is 11.0 Å². The molecule has 0 N–H and O–H groups in total. The molecule has 0 aromatic carbocycles. The van der Waals surface area contributed by atoms with Crippen molar-refractivity contribution in [2.75, 3.05) is 0 Å². The third-order valence-corrected chi connectivity index (χ3v) is 2.17. The first-order chi connectivity index (χ1) is 7.18. The summed E-state index contributed by atoms with van der Waals surface area (Å²) in [5.74, 6) is 0.222. The van der Waals surface area contributed by atoms with Gasteiger partial charge in [-0.15, -0.1) is 0 Å². The molecule has 0 aromatic rings.